The van der Waals surface area contributed by atoms with Crippen molar-refractivity contribution >= 4 is 28.5 Å². The summed E-state index contributed by atoms with van der Waals surface area (Å²) in [6.45, 7) is 1.85. The summed E-state index contributed by atoms with van der Waals surface area (Å²) < 4.78 is 5.18. The zero-order valence-corrected chi connectivity index (χ0v) is 13.1. The SMILES string of the molecule is CC(NC(=O)c1cc2cccc(Cl)c2oc1=O)c1ccccc1. The fraction of sp³-hybridized carbons (Fsp3) is 0.111. The van der Waals surface area contributed by atoms with Crippen LogP contribution in [-0.4, -0.2) is 5.91 Å². The zero-order chi connectivity index (χ0) is 16.4. The molecule has 1 aromatic heterocycles. The number of amides is 1. The lowest BCUT2D eigenvalue weighted by atomic mass is 10.1. The van der Waals surface area contributed by atoms with E-state index in [0.717, 1.165) is 5.56 Å². The number of carbonyl (C=O) groups is 1. The molecule has 116 valence electrons. The van der Waals surface area contributed by atoms with Gasteiger partial charge in [0.25, 0.3) is 5.91 Å². The van der Waals surface area contributed by atoms with Gasteiger partial charge in [0.05, 0.1) is 11.1 Å². The molecule has 0 bridgehead atoms. The molecule has 2 aromatic carbocycles. The lowest BCUT2D eigenvalue weighted by Crippen LogP contribution is -2.30. The quantitative estimate of drug-likeness (QED) is 0.741. The monoisotopic (exact) mass is 327 g/mol. The fourth-order valence-corrected chi connectivity index (χ4v) is 2.59. The molecule has 0 spiro atoms. The van der Waals surface area contributed by atoms with E-state index in [1.807, 2.05) is 37.3 Å². The molecular formula is C18H14ClNO3. The van der Waals surface area contributed by atoms with Crippen LogP contribution in [0.25, 0.3) is 11.0 Å². The molecular weight excluding hydrogens is 314 g/mol. The molecule has 0 saturated heterocycles. The summed E-state index contributed by atoms with van der Waals surface area (Å²) in [6.07, 6.45) is 0. The van der Waals surface area contributed by atoms with Crippen LogP contribution >= 0.6 is 11.6 Å². The van der Waals surface area contributed by atoms with Gasteiger partial charge in [0.15, 0.2) is 5.58 Å². The molecule has 0 radical (unpaired) electrons. The van der Waals surface area contributed by atoms with Crippen LogP contribution in [-0.2, 0) is 0 Å². The Morgan fingerprint density at radius 1 is 1.13 bits per heavy atom. The van der Waals surface area contributed by atoms with Crippen molar-refractivity contribution in [3.05, 3.63) is 81.2 Å². The average molecular weight is 328 g/mol. The Balaban J connectivity index is 1.92. The van der Waals surface area contributed by atoms with Crippen LogP contribution in [0.5, 0.6) is 0 Å². The lowest BCUT2D eigenvalue weighted by molar-refractivity contribution is 0.0936. The minimum Gasteiger partial charge on any atom is -0.421 e. The number of carbonyl (C=O) groups excluding carboxylic acids is 1. The molecule has 0 saturated carbocycles. The first-order chi connectivity index (χ1) is 11.1. The Morgan fingerprint density at radius 2 is 1.87 bits per heavy atom. The van der Waals surface area contributed by atoms with Crippen molar-refractivity contribution in [1.82, 2.24) is 5.32 Å². The molecule has 1 unspecified atom stereocenters. The Kier molecular flexibility index (Phi) is 4.17. The second-order valence-corrected chi connectivity index (χ2v) is 5.62. The van der Waals surface area contributed by atoms with Gasteiger partial charge in [-0.05, 0) is 24.6 Å². The fourth-order valence-electron chi connectivity index (χ4n) is 2.37. The van der Waals surface area contributed by atoms with Crippen LogP contribution in [0, 0.1) is 0 Å². The number of hydrogen-bond acceptors (Lipinski definition) is 3. The van der Waals surface area contributed by atoms with Gasteiger partial charge >= 0.3 is 5.63 Å². The number of nitrogens with one attached hydrogen (secondary N) is 1. The third kappa shape index (κ3) is 3.12. The van der Waals surface area contributed by atoms with Crippen molar-refractivity contribution in [2.75, 3.05) is 0 Å². The number of hydrogen-bond donors (Lipinski definition) is 1. The topological polar surface area (TPSA) is 59.3 Å². The van der Waals surface area contributed by atoms with E-state index in [-0.39, 0.29) is 17.2 Å². The zero-order valence-electron chi connectivity index (χ0n) is 12.4. The van der Waals surface area contributed by atoms with E-state index in [9.17, 15) is 9.59 Å². The predicted molar refractivity (Wildman–Crippen MR) is 89.8 cm³/mol. The maximum atomic E-state index is 12.4. The highest BCUT2D eigenvalue weighted by Gasteiger charge is 2.17. The standard InChI is InChI=1S/C18H14ClNO3/c1-11(12-6-3-2-4-7-12)20-17(21)14-10-13-8-5-9-15(19)16(13)23-18(14)22/h2-11H,1H3,(H,20,21). The molecule has 5 heteroatoms. The summed E-state index contributed by atoms with van der Waals surface area (Å²) in [5.41, 5.74) is 0.492. The van der Waals surface area contributed by atoms with E-state index >= 15 is 0 Å². The van der Waals surface area contributed by atoms with Crippen molar-refractivity contribution in [1.29, 1.82) is 0 Å². The smallest absolute Gasteiger partial charge is 0.349 e. The van der Waals surface area contributed by atoms with Gasteiger partial charge in [-0.3, -0.25) is 4.79 Å². The van der Waals surface area contributed by atoms with Gasteiger partial charge in [-0.2, -0.15) is 0 Å². The third-order valence-corrected chi connectivity index (χ3v) is 3.90. The summed E-state index contributed by atoms with van der Waals surface area (Å²) >= 11 is 5.99. The van der Waals surface area contributed by atoms with E-state index < -0.39 is 11.5 Å². The van der Waals surface area contributed by atoms with Gasteiger partial charge in [-0.15, -0.1) is 0 Å². The normalized spacial score (nSPS) is 12.1. The van der Waals surface area contributed by atoms with Gasteiger partial charge in [-0.1, -0.05) is 54.1 Å². The summed E-state index contributed by atoms with van der Waals surface area (Å²) in [5, 5.41) is 3.74. The highest BCUT2D eigenvalue weighted by atomic mass is 35.5. The number of para-hydroxylation sites is 1. The van der Waals surface area contributed by atoms with Crippen molar-refractivity contribution in [2.45, 2.75) is 13.0 Å². The highest BCUT2D eigenvalue weighted by Crippen LogP contribution is 2.22. The Bertz CT molecular complexity index is 918. The highest BCUT2D eigenvalue weighted by molar-refractivity contribution is 6.34. The van der Waals surface area contributed by atoms with Crippen LogP contribution in [0.1, 0.15) is 28.9 Å². The van der Waals surface area contributed by atoms with Crippen LogP contribution in [0.2, 0.25) is 5.02 Å². The molecule has 3 rings (SSSR count). The molecule has 0 aliphatic carbocycles. The molecule has 23 heavy (non-hydrogen) atoms. The minimum absolute atomic E-state index is 0.0393. The van der Waals surface area contributed by atoms with Gasteiger partial charge < -0.3 is 9.73 Å². The van der Waals surface area contributed by atoms with Gasteiger partial charge in [0, 0.05) is 5.39 Å². The van der Waals surface area contributed by atoms with Gasteiger partial charge in [-0.25, -0.2) is 4.79 Å². The van der Waals surface area contributed by atoms with Crippen LogP contribution in [0.3, 0.4) is 0 Å². The van der Waals surface area contributed by atoms with E-state index in [1.54, 1.807) is 18.2 Å². The Hall–Kier alpha value is -2.59. The second-order valence-electron chi connectivity index (χ2n) is 5.21. The van der Waals surface area contributed by atoms with Gasteiger partial charge in [0.2, 0.25) is 0 Å². The largest absolute Gasteiger partial charge is 0.421 e. The first-order valence-corrected chi connectivity index (χ1v) is 7.52. The van der Waals surface area contributed by atoms with Crippen molar-refractivity contribution < 1.29 is 9.21 Å². The summed E-state index contributed by atoms with van der Waals surface area (Å²) in [6, 6.07) is 15.9. The number of rotatable bonds is 3. The summed E-state index contributed by atoms with van der Waals surface area (Å²) in [4.78, 5) is 24.4. The van der Waals surface area contributed by atoms with E-state index in [0.29, 0.717) is 10.4 Å². The van der Waals surface area contributed by atoms with Crippen LogP contribution in [0.4, 0.5) is 0 Å². The van der Waals surface area contributed by atoms with Crippen molar-refractivity contribution in [3.8, 4) is 0 Å². The van der Waals surface area contributed by atoms with E-state index in [4.69, 9.17) is 16.0 Å². The molecule has 0 aliphatic heterocycles. The summed E-state index contributed by atoms with van der Waals surface area (Å²) in [7, 11) is 0. The number of benzene rings is 2. The molecule has 4 nitrogen and oxygen atoms in total. The Morgan fingerprint density at radius 3 is 2.61 bits per heavy atom. The Labute approximate surface area is 137 Å². The predicted octanol–water partition coefficient (Wildman–Crippen LogP) is 3.94. The third-order valence-electron chi connectivity index (χ3n) is 3.60. The van der Waals surface area contributed by atoms with Crippen LogP contribution in [0.15, 0.2) is 63.8 Å². The average Bonchev–Trinajstić information content (AvgIpc) is 2.56. The first kappa shape index (κ1) is 15.3. The first-order valence-electron chi connectivity index (χ1n) is 7.14. The van der Waals surface area contributed by atoms with E-state index in [1.165, 1.54) is 6.07 Å². The van der Waals surface area contributed by atoms with Gasteiger partial charge in [0.1, 0.15) is 5.56 Å². The molecule has 1 N–H and O–H groups in total. The minimum atomic E-state index is -0.705. The molecule has 1 heterocycles. The molecule has 3 aromatic rings. The molecule has 1 amide bonds. The maximum Gasteiger partial charge on any atom is 0.349 e. The molecule has 0 aliphatic rings. The molecule has 0 fully saturated rings. The second kappa shape index (κ2) is 6.26. The van der Waals surface area contributed by atoms with E-state index in [2.05, 4.69) is 5.32 Å². The number of fused-ring (bicyclic) bond motifs is 1. The van der Waals surface area contributed by atoms with Crippen molar-refractivity contribution in [3.63, 3.8) is 0 Å². The molecule has 1 atom stereocenters. The lowest BCUT2D eigenvalue weighted by Gasteiger charge is -2.14. The number of halogens is 1. The van der Waals surface area contributed by atoms with Crippen molar-refractivity contribution in [2.24, 2.45) is 0 Å². The maximum absolute atomic E-state index is 12.4. The van der Waals surface area contributed by atoms with Crippen LogP contribution < -0.4 is 10.9 Å². The summed E-state index contributed by atoms with van der Waals surface area (Å²) in [5.74, 6) is -0.475.